The fourth-order valence-corrected chi connectivity index (χ4v) is 2.64. The first-order valence-electron chi connectivity index (χ1n) is 8.63. The number of amides is 1. The van der Waals surface area contributed by atoms with E-state index in [0.29, 0.717) is 6.54 Å². The van der Waals surface area contributed by atoms with Crippen molar-refractivity contribution in [3.05, 3.63) is 65.2 Å². The van der Waals surface area contributed by atoms with Gasteiger partial charge >= 0.3 is 11.9 Å². The fourth-order valence-electron chi connectivity index (χ4n) is 2.64. The van der Waals surface area contributed by atoms with Crippen molar-refractivity contribution < 1.29 is 28.6 Å². The van der Waals surface area contributed by atoms with Crippen LogP contribution >= 0.6 is 0 Å². The van der Waals surface area contributed by atoms with Crippen molar-refractivity contribution in [2.75, 3.05) is 21.3 Å². The molecule has 0 saturated carbocycles. The molecule has 1 atom stereocenters. The number of rotatable bonds is 7. The number of esters is 2. The van der Waals surface area contributed by atoms with Gasteiger partial charge in [0.25, 0.3) is 5.91 Å². The van der Waals surface area contributed by atoms with Crippen LogP contribution in [0.2, 0.25) is 0 Å². The molecule has 0 heterocycles. The highest BCUT2D eigenvalue weighted by Crippen LogP contribution is 2.21. The average Bonchev–Trinajstić information content (AvgIpc) is 2.72. The van der Waals surface area contributed by atoms with Gasteiger partial charge in [-0.2, -0.15) is 0 Å². The van der Waals surface area contributed by atoms with Gasteiger partial charge < -0.3 is 19.1 Å². The first kappa shape index (κ1) is 21.0. The quantitative estimate of drug-likeness (QED) is 0.682. The fraction of sp³-hybridized carbons (Fsp3) is 0.286. The van der Waals surface area contributed by atoms with Crippen molar-refractivity contribution in [3.8, 4) is 5.75 Å². The Hall–Kier alpha value is -3.35. The van der Waals surface area contributed by atoms with Gasteiger partial charge in [0, 0.05) is 13.6 Å². The molecule has 2 aromatic rings. The highest BCUT2D eigenvalue weighted by Gasteiger charge is 2.21. The van der Waals surface area contributed by atoms with Crippen molar-refractivity contribution in [2.45, 2.75) is 19.6 Å². The van der Waals surface area contributed by atoms with Gasteiger partial charge in [-0.15, -0.1) is 0 Å². The second-order valence-electron chi connectivity index (χ2n) is 6.17. The van der Waals surface area contributed by atoms with Crippen LogP contribution in [0, 0.1) is 0 Å². The van der Waals surface area contributed by atoms with Crippen LogP contribution in [-0.2, 0) is 20.8 Å². The number of nitrogens with zero attached hydrogens (tertiary/aromatic N) is 1. The lowest BCUT2D eigenvalue weighted by Gasteiger charge is -2.22. The summed E-state index contributed by atoms with van der Waals surface area (Å²) in [7, 11) is 4.15. The molecule has 0 unspecified atom stereocenters. The van der Waals surface area contributed by atoms with E-state index in [9.17, 15) is 14.4 Å². The number of likely N-dealkylation sites (N-methyl/N-ethyl adjacent to an activating group) is 1. The van der Waals surface area contributed by atoms with E-state index < -0.39 is 18.0 Å². The molecule has 2 rings (SSSR count). The third kappa shape index (κ3) is 5.33. The molecule has 0 radical (unpaired) electrons. The number of ether oxygens (including phenoxy) is 3. The molecule has 0 N–H and O–H groups in total. The third-order valence-electron chi connectivity index (χ3n) is 4.05. The largest absolute Gasteiger partial charge is 0.481 e. The highest BCUT2D eigenvalue weighted by molar-refractivity contribution is 5.96. The maximum atomic E-state index is 12.6. The normalized spacial score (nSPS) is 11.3. The Labute approximate surface area is 163 Å². The molecular weight excluding hydrogens is 362 g/mol. The van der Waals surface area contributed by atoms with Gasteiger partial charge in [-0.25, -0.2) is 9.59 Å². The number of hydrogen-bond acceptors (Lipinski definition) is 6. The monoisotopic (exact) mass is 385 g/mol. The number of carbonyl (C=O) groups excluding carboxylic acids is 3. The molecular formula is C21H23NO6. The summed E-state index contributed by atoms with van der Waals surface area (Å²) in [5.41, 5.74) is 1.24. The summed E-state index contributed by atoms with van der Waals surface area (Å²) in [6, 6.07) is 13.7. The van der Waals surface area contributed by atoms with Crippen LogP contribution in [0.1, 0.15) is 33.2 Å². The summed E-state index contributed by atoms with van der Waals surface area (Å²) in [4.78, 5) is 37.9. The molecule has 0 aliphatic carbocycles. The first-order chi connectivity index (χ1) is 13.3. The molecule has 148 valence electrons. The lowest BCUT2D eigenvalue weighted by Crippen LogP contribution is -2.37. The van der Waals surface area contributed by atoms with E-state index in [1.807, 2.05) is 30.3 Å². The van der Waals surface area contributed by atoms with Gasteiger partial charge in [-0.05, 0) is 30.7 Å². The average molecular weight is 385 g/mol. The minimum Gasteiger partial charge on any atom is -0.481 e. The van der Waals surface area contributed by atoms with Crippen LogP contribution in [0.3, 0.4) is 0 Å². The van der Waals surface area contributed by atoms with Crippen molar-refractivity contribution in [3.63, 3.8) is 0 Å². The summed E-state index contributed by atoms with van der Waals surface area (Å²) in [6.45, 7) is 2.04. The number of methoxy groups -OCH3 is 2. The summed E-state index contributed by atoms with van der Waals surface area (Å²) >= 11 is 0. The van der Waals surface area contributed by atoms with E-state index in [0.717, 1.165) is 5.56 Å². The SMILES string of the molecule is COC(=O)c1cc(O[C@@H](C)C(=O)N(C)Cc2ccccc2)cc(C(=O)OC)c1. The Kier molecular flexibility index (Phi) is 7.14. The van der Waals surface area contributed by atoms with Gasteiger partial charge in [0.1, 0.15) is 5.75 Å². The van der Waals surface area contributed by atoms with E-state index in [1.54, 1.807) is 18.9 Å². The van der Waals surface area contributed by atoms with Gasteiger partial charge in [-0.3, -0.25) is 4.79 Å². The standard InChI is InChI=1S/C21H23NO6/c1-14(19(23)22(2)13-15-8-6-5-7-9-15)28-18-11-16(20(24)26-3)10-17(12-18)21(25)27-4/h5-12,14H,13H2,1-4H3/t14-/m0/s1. The minimum absolute atomic E-state index is 0.123. The Bertz CT molecular complexity index is 815. The zero-order valence-electron chi connectivity index (χ0n) is 16.3. The van der Waals surface area contributed by atoms with Crippen LogP contribution in [0.15, 0.2) is 48.5 Å². The Balaban J connectivity index is 2.17. The van der Waals surface area contributed by atoms with Gasteiger partial charge in [-0.1, -0.05) is 30.3 Å². The van der Waals surface area contributed by atoms with Crippen LogP contribution < -0.4 is 4.74 Å². The molecule has 7 nitrogen and oxygen atoms in total. The first-order valence-corrected chi connectivity index (χ1v) is 8.63. The maximum Gasteiger partial charge on any atom is 0.338 e. The lowest BCUT2D eigenvalue weighted by molar-refractivity contribution is -0.137. The minimum atomic E-state index is -0.827. The predicted octanol–water partition coefficient (Wildman–Crippen LogP) is 2.69. The van der Waals surface area contributed by atoms with Gasteiger partial charge in [0.15, 0.2) is 6.10 Å². The highest BCUT2D eigenvalue weighted by atomic mass is 16.5. The van der Waals surface area contributed by atoms with Crippen molar-refractivity contribution >= 4 is 17.8 Å². The van der Waals surface area contributed by atoms with Gasteiger partial charge in [0.05, 0.1) is 25.3 Å². The molecule has 2 aromatic carbocycles. The van der Waals surface area contributed by atoms with E-state index in [2.05, 4.69) is 0 Å². The van der Waals surface area contributed by atoms with Crippen molar-refractivity contribution in [1.82, 2.24) is 4.90 Å². The van der Waals surface area contributed by atoms with Gasteiger partial charge in [0.2, 0.25) is 0 Å². The maximum absolute atomic E-state index is 12.6. The molecule has 0 aliphatic heterocycles. The number of hydrogen-bond donors (Lipinski definition) is 0. The van der Waals surface area contributed by atoms with Crippen LogP contribution in [0.25, 0.3) is 0 Å². The smallest absolute Gasteiger partial charge is 0.338 e. The van der Waals surface area contributed by atoms with E-state index in [4.69, 9.17) is 14.2 Å². The molecule has 0 spiro atoms. The van der Waals surface area contributed by atoms with E-state index in [1.165, 1.54) is 32.4 Å². The molecule has 0 saturated heterocycles. The second-order valence-corrected chi connectivity index (χ2v) is 6.17. The molecule has 0 aromatic heterocycles. The molecule has 0 fully saturated rings. The van der Waals surface area contributed by atoms with E-state index in [-0.39, 0.29) is 22.8 Å². The summed E-state index contributed by atoms with van der Waals surface area (Å²) in [6.07, 6.45) is -0.827. The zero-order chi connectivity index (χ0) is 20.7. The van der Waals surface area contributed by atoms with Crippen molar-refractivity contribution in [1.29, 1.82) is 0 Å². The predicted molar refractivity (Wildman–Crippen MR) is 102 cm³/mol. The number of benzene rings is 2. The Morgan fingerprint density at radius 2 is 1.46 bits per heavy atom. The molecule has 0 aliphatic rings. The second kappa shape index (κ2) is 9.55. The lowest BCUT2D eigenvalue weighted by atomic mass is 10.1. The summed E-state index contributed by atoms with van der Waals surface area (Å²) < 4.78 is 15.1. The molecule has 28 heavy (non-hydrogen) atoms. The van der Waals surface area contributed by atoms with E-state index >= 15 is 0 Å². The number of carbonyl (C=O) groups is 3. The Morgan fingerprint density at radius 3 is 1.96 bits per heavy atom. The van der Waals surface area contributed by atoms with Crippen LogP contribution in [0.5, 0.6) is 5.75 Å². The zero-order valence-corrected chi connectivity index (χ0v) is 16.3. The topological polar surface area (TPSA) is 82.1 Å². The molecule has 7 heteroatoms. The Morgan fingerprint density at radius 1 is 0.929 bits per heavy atom. The van der Waals surface area contributed by atoms with Crippen molar-refractivity contribution in [2.24, 2.45) is 0 Å². The summed E-state index contributed by atoms with van der Waals surface area (Å²) in [5.74, 6) is -1.31. The molecule has 0 bridgehead atoms. The summed E-state index contributed by atoms with van der Waals surface area (Å²) in [5, 5.41) is 0. The molecule has 1 amide bonds. The third-order valence-corrected chi connectivity index (χ3v) is 4.05. The van der Waals surface area contributed by atoms with Crippen LogP contribution in [0.4, 0.5) is 0 Å². The van der Waals surface area contributed by atoms with Crippen LogP contribution in [-0.4, -0.2) is 50.1 Å².